The maximum absolute atomic E-state index is 11.3. The van der Waals surface area contributed by atoms with E-state index >= 15 is 0 Å². The second-order valence-corrected chi connectivity index (χ2v) is 5.73. The van der Waals surface area contributed by atoms with Crippen molar-refractivity contribution >= 4 is 15.8 Å². The molecular weight excluding hydrogens is 220 g/mol. The number of rotatable bonds is 8. The summed E-state index contributed by atoms with van der Waals surface area (Å²) < 4.78 is 22.6. The van der Waals surface area contributed by atoms with Crippen LogP contribution in [0.3, 0.4) is 0 Å². The molecule has 0 fully saturated rings. The Balaban J connectivity index is 3.73. The predicted octanol–water partition coefficient (Wildman–Crippen LogP) is 1.39. The number of carbonyl (C=O) groups is 1. The summed E-state index contributed by atoms with van der Waals surface area (Å²) in [5.41, 5.74) is 0. The molecule has 0 heterocycles. The molecule has 0 aromatic carbocycles. The zero-order chi connectivity index (χ0) is 11.7. The molecule has 90 valence electrons. The average molecular weight is 238 g/mol. The van der Waals surface area contributed by atoms with Crippen molar-refractivity contribution in [2.24, 2.45) is 0 Å². The minimum Gasteiger partial charge on any atom is -0.301 e. The van der Waals surface area contributed by atoms with Crippen molar-refractivity contribution in [1.29, 1.82) is 0 Å². The van der Waals surface area contributed by atoms with Crippen LogP contribution in [0.15, 0.2) is 0 Å². The molecule has 0 aromatic rings. The van der Waals surface area contributed by atoms with Gasteiger partial charge in [0.05, 0.1) is 17.9 Å². The molecule has 0 aromatic heterocycles. The van der Waals surface area contributed by atoms with E-state index < -0.39 is 15.8 Å². The number of carbonyl (C=O) groups excluding carboxylic acids is 1. The van der Waals surface area contributed by atoms with E-state index in [0.29, 0.717) is 6.42 Å². The van der Waals surface area contributed by atoms with Gasteiger partial charge >= 0.3 is 5.97 Å². The van der Waals surface area contributed by atoms with Gasteiger partial charge in [-0.3, -0.25) is 0 Å². The van der Waals surface area contributed by atoms with Crippen LogP contribution in [0.25, 0.3) is 0 Å². The highest BCUT2D eigenvalue weighted by Gasteiger charge is 2.13. The summed E-state index contributed by atoms with van der Waals surface area (Å²) in [4.78, 5) is 13.9. The Morgan fingerprint density at radius 2 is 1.87 bits per heavy atom. The van der Waals surface area contributed by atoms with Crippen molar-refractivity contribution < 1.29 is 23.4 Å². The van der Waals surface area contributed by atoms with E-state index in [1.807, 2.05) is 6.92 Å². The number of hydrogen-bond acceptors (Lipinski definition) is 5. The van der Waals surface area contributed by atoms with Crippen molar-refractivity contribution in [3.05, 3.63) is 0 Å². The molecule has 15 heavy (non-hydrogen) atoms. The lowest BCUT2D eigenvalue weighted by molar-refractivity contribution is -0.233. The quantitative estimate of drug-likeness (QED) is 0.392. The zero-order valence-corrected chi connectivity index (χ0v) is 9.75. The largest absolute Gasteiger partial charge is 0.343 e. The topological polar surface area (TPSA) is 80.7 Å². The Labute approximate surface area is 90.3 Å². The van der Waals surface area contributed by atoms with Gasteiger partial charge in [-0.2, -0.15) is 5.26 Å². The van der Waals surface area contributed by atoms with E-state index in [1.54, 1.807) is 0 Å². The Kier molecular flexibility index (Phi) is 7.33. The Morgan fingerprint density at radius 1 is 1.20 bits per heavy atom. The summed E-state index contributed by atoms with van der Waals surface area (Å²) in [5, 5.41) is 7.93. The molecule has 0 radical (unpaired) electrons. The van der Waals surface area contributed by atoms with Crippen molar-refractivity contribution in [1.82, 2.24) is 0 Å². The molecule has 0 atom stereocenters. The normalized spacial score (nSPS) is 11.3. The third-order valence-electron chi connectivity index (χ3n) is 2.03. The van der Waals surface area contributed by atoms with Crippen LogP contribution in [-0.4, -0.2) is 31.2 Å². The predicted molar refractivity (Wildman–Crippen MR) is 56.1 cm³/mol. The molecule has 0 rings (SSSR count). The third-order valence-corrected chi connectivity index (χ3v) is 3.76. The molecule has 0 spiro atoms. The van der Waals surface area contributed by atoms with E-state index in [1.165, 1.54) is 0 Å². The van der Waals surface area contributed by atoms with Crippen LogP contribution in [0, 0.1) is 0 Å². The highest BCUT2D eigenvalue weighted by molar-refractivity contribution is 7.91. The Bertz CT molecular complexity index is 270. The fourth-order valence-electron chi connectivity index (χ4n) is 1.14. The standard InChI is InChI=1S/C9H18O5S/c1-2-3-4-5-7-15(12,13)8-6-9(10)14-11/h11H,2-8H2,1H3. The molecule has 6 heteroatoms. The molecular formula is C9H18O5S. The molecule has 0 bridgehead atoms. The van der Waals surface area contributed by atoms with E-state index in [0.717, 1.165) is 19.3 Å². The SMILES string of the molecule is CCCCCCS(=O)(=O)CCC(=O)OO. The van der Waals surface area contributed by atoms with Gasteiger partial charge in [0.25, 0.3) is 0 Å². The minimum atomic E-state index is -3.18. The maximum Gasteiger partial charge on any atom is 0.343 e. The molecule has 0 aliphatic carbocycles. The molecule has 0 aliphatic rings. The highest BCUT2D eigenvalue weighted by atomic mass is 32.2. The van der Waals surface area contributed by atoms with Gasteiger partial charge in [-0.1, -0.05) is 26.2 Å². The fourth-order valence-corrected chi connectivity index (χ4v) is 2.46. The van der Waals surface area contributed by atoms with Crippen molar-refractivity contribution in [3.63, 3.8) is 0 Å². The average Bonchev–Trinajstić information content (AvgIpc) is 2.21. The summed E-state index contributed by atoms with van der Waals surface area (Å²) in [7, 11) is -3.18. The summed E-state index contributed by atoms with van der Waals surface area (Å²) in [6.07, 6.45) is 3.31. The lowest BCUT2D eigenvalue weighted by Gasteiger charge is -2.02. The van der Waals surface area contributed by atoms with Gasteiger partial charge in [0.2, 0.25) is 0 Å². The Morgan fingerprint density at radius 3 is 2.40 bits per heavy atom. The van der Waals surface area contributed by atoms with E-state index in [9.17, 15) is 13.2 Å². The monoisotopic (exact) mass is 238 g/mol. The fraction of sp³-hybridized carbons (Fsp3) is 0.889. The first-order chi connectivity index (χ1) is 7.02. The summed E-state index contributed by atoms with van der Waals surface area (Å²) in [6, 6.07) is 0. The van der Waals surface area contributed by atoms with Gasteiger partial charge < -0.3 is 4.89 Å². The minimum absolute atomic E-state index is 0.103. The van der Waals surface area contributed by atoms with Gasteiger partial charge in [-0.15, -0.1) is 0 Å². The van der Waals surface area contributed by atoms with Crippen LogP contribution in [0.2, 0.25) is 0 Å². The number of sulfone groups is 1. The van der Waals surface area contributed by atoms with Gasteiger partial charge in [0.15, 0.2) is 9.84 Å². The first-order valence-electron chi connectivity index (χ1n) is 5.06. The number of hydrogen-bond donors (Lipinski definition) is 1. The van der Waals surface area contributed by atoms with E-state index in [2.05, 4.69) is 4.89 Å². The molecule has 0 aliphatic heterocycles. The molecule has 5 nitrogen and oxygen atoms in total. The highest BCUT2D eigenvalue weighted by Crippen LogP contribution is 2.04. The van der Waals surface area contributed by atoms with Crippen LogP contribution in [-0.2, 0) is 19.5 Å². The van der Waals surface area contributed by atoms with E-state index in [-0.39, 0.29) is 17.9 Å². The summed E-state index contributed by atoms with van der Waals surface area (Å²) in [5.74, 6) is -1.06. The molecule has 0 unspecified atom stereocenters. The summed E-state index contributed by atoms with van der Waals surface area (Å²) >= 11 is 0. The Hall–Kier alpha value is -0.620. The van der Waals surface area contributed by atoms with Crippen molar-refractivity contribution in [2.45, 2.75) is 39.0 Å². The number of unbranched alkanes of at least 4 members (excludes halogenated alkanes) is 3. The summed E-state index contributed by atoms with van der Waals surface area (Å²) in [6.45, 7) is 2.05. The van der Waals surface area contributed by atoms with Gasteiger partial charge in [-0.05, 0) is 6.42 Å². The molecule has 0 saturated carbocycles. The second kappa shape index (κ2) is 7.64. The van der Waals surface area contributed by atoms with Crippen molar-refractivity contribution in [3.8, 4) is 0 Å². The second-order valence-electron chi connectivity index (χ2n) is 3.43. The first-order valence-corrected chi connectivity index (χ1v) is 6.88. The molecule has 1 N–H and O–H groups in total. The van der Waals surface area contributed by atoms with Crippen LogP contribution >= 0.6 is 0 Å². The van der Waals surface area contributed by atoms with Gasteiger partial charge in [-0.25, -0.2) is 13.2 Å². The van der Waals surface area contributed by atoms with E-state index in [4.69, 9.17) is 5.26 Å². The lowest BCUT2D eigenvalue weighted by atomic mass is 10.2. The molecule has 0 amide bonds. The van der Waals surface area contributed by atoms with Crippen molar-refractivity contribution in [2.75, 3.05) is 11.5 Å². The maximum atomic E-state index is 11.3. The van der Waals surface area contributed by atoms with Crippen LogP contribution in [0.1, 0.15) is 39.0 Å². The van der Waals surface area contributed by atoms with Crippen LogP contribution < -0.4 is 0 Å². The lowest BCUT2D eigenvalue weighted by Crippen LogP contribution is -2.15. The molecule has 0 saturated heterocycles. The van der Waals surface area contributed by atoms with Crippen LogP contribution in [0.4, 0.5) is 0 Å². The smallest absolute Gasteiger partial charge is 0.301 e. The zero-order valence-electron chi connectivity index (χ0n) is 8.94. The first kappa shape index (κ1) is 14.4. The van der Waals surface area contributed by atoms with Gasteiger partial charge in [0.1, 0.15) is 0 Å². The van der Waals surface area contributed by atoms with Crippen LogP contribution in [0.5, 0.6) is 0 Å². The van der Waals surface area contributed by atoms with Gasteiger partial charge in [0, 0.05) is 0 Å². The third kappa shape index (κ3) is 8.38.